The Kier molecular flexibility index (Phi) is 8.59. The van der Waals surface area contributed by atoms with Crippen molar-refractivity contribution in [1.82, 2.24) is 10.2 Å². The number of anilines is 1. The SMILES string of the molecule is CNC(=O)C(C)N(Cc1cccc(Cl)c1)C(=O)CN(c1ccc(Cl)c(Cl)c1)S(C)(=O)=O. The van der Waals surface area contributed by atoms with Crippen LogP contribution < -0.4 is 9.62 Å². The maximum absolute atomic E-state index is 13.2. The lowest BCUT2D eigenvalue weighted by atomic mass is 10.1. The third-order valence-electron chi connectivity index (χ3n) is 4.53. The van der Waals surface area contributed by atoms with Crippen molar-refractivity contribution in [1.29, 1.82) is 0 Å². The van der Waals surface area contributed by atoms with Crippen molar-refractivity contribution in [3.8, 4) is 0 Å². The van der Waals surface area contributed by atoms with Gasteiger partial charge in [0.15, 0.2) is 0 Å². The minimum Gasteiger partial charge on any atom is -0.357 e. The topological polar surface area (TPSA) is 86.8 Å². The first kappa shape index (κ1) is 25.3. The van der Waals surface area contributed by atoms with Gasteiger partial charge in [0.1, 0.15) is 12.6 Å². The summed E-state index contributed by atoms with van der Waals surface area (Å²) in [6.07, 6.45) is 0.978. The minimum atomic E-state index is -3.84. The lowest BCUT2D eigenvalue weighted by molar-refractivity contribution is -0.139. The molecule has 0 aliphatic carbocycles. The van der Waals surface area contributed by atoms with Gasteiger partial charge in [-0.2, -0.15) is 0 Å². The van der Waals surface area contributed by atoms with Crippen LogP contribution in [-0.4, -0.2) is 51.0 Å². The van der Waals surface area contributed by atoms with E-state index < -0.39 is 34.4 Å². The Morgan fingerprint density at radius 3 is 2.29 bits per heavy atom. The number of carbonyl (C=O) groups is 2. The van der Waals surface area contributed by atoms with Gasteiger partial charge in [0, 0.05) is 18.6 Å². The molecule has 1 N–H and O–H groups in total. The first-order valence-electron chi connectivity index (χ1n) is 9.12. The number of rotatable bonds is 8. The minimum absolute atomic E-state index is 0.0625. The highest BCUT2D eigenvalue weighted by Gasteiger charge is 2.29. The molecule has 11 heteroatoms. The fourth-order valence-corrected chi connectivity index (χ4v) is 4.22. The molecule has 0 heterocycles. The van der Waals surface area contributed by atoms with Crippen LogP contribution in [-0.2, 0) is 26.2 Å². The number of benzene rings is 2. The number of likely N-dealkylation sites (N-methyl/N-ethyl adjacent to an activating group) is 1. The van der Waals surface area contributed by atoms with Crippen molar-refractivity contribution in [2.75, 3.05) is 24.2 Å². The fourth-order valence-electron chi connectivity index (χ4n) is 2.88. The summed E-state index contributed by atoms with van der Waals surface area (Å²) in [4.78, 5) is 26.8. The van der Waals surface area contributed by atoms with Crippen molar-refractivity contribution < 1.29 is 18.0 Å². The van der Waals surface area contributed by atoms with Crippen molar-refractivity contribution >= 4 is 62.3 Å². The Morgan fingerprint density at radius 2 is 1.74 bits per heavy atom. The molecular weight excluding hydrogens is 485 g/mol. The zero-order valence-corrected chi connectivity index (χ0v) is 20.2. The molecule has 0 radical (unpaired) electrons. The summed E-state index contributed by atoms with van der Waals surface area (Å²) >= 11 is 18.0. The highest BCUT2D eigenvalue weighted by Crippen LogP contribution is 2.28. The lowest BCUT2D eigenvalue weighted by Crippen LogP contribution is -2.50. The molecule has 2 rings (SSSR count). The van der Waals surface area contributed by atoms with E-state index in [0.717, 1.165) is 10.6 Å². The summed E-state index contributed by atoms with van der Waals surface area (Å²) in [5, 5.41) is 3.38. The van der Waals surface area contributed by atoms with E-state index in [1.165, 1.54) is 30.1 Å². The summed E-state index contributed by atoms with van der Waals surface area (Å²) in [6, 6.07) is 10.2. The Labute approximate surface area is 196 Å². The highest BCUT2D eigenvalue weighted by atomic mass is 35.5. The largest absolute Gasteiger partial charge is 0.357 e. The van der Waals surface area contributed by atoms with Gasteiger partial charge in [-0.25, -0.2) is 8.42 Å². The van der Waals surface area contributed by atoms with Crippen LogP contribution in [0.15, 0.2) is 42.5 Å². The molecule has 0 saturated carbocycles. The molecule has 1 atom stereocenters. The van der Waals surface area contributed by atoms with Gasteiger partial charge in [0.05, 0.1) is 22.0 Å². The monoisotopic (exact) mass is 505 g/mol. The van der Waals surface area contributed by atoms with Crippen LogP contribution in [0.4, 0.5) is 5.69 Å². The van der Waals surface area contributed by atoms with Crippen LogP contribution in [0.3, 0.4) is 0 Å². The number of nitrogens with zero attached hydrogens (tertiary/aromatic N) is 2. The molecule has 0 saturated heterocycles. The molecule has 7 nitrogen and oxygen atoms in total. The molecule has 0 aromatic heterocycles. The molecule has 0 fully saturated rings. The van der Waals surface area contributed by atoms with E-state index in [9.17, 15) is 18.0 Å². The fraction of sp³-hybridized carbons (Fsp3) is 0.300. The Morgan fingerprint density at radius 1 is 1.06 bits per heavy atom. The number of sulfonamides is 1. The van der Waals surface area contributed by atoms with Gasteiger partial charge in [-0.1, -0.05) is 46.9 Å². The summed E-state index contributed by atoms with van der Waals surface area (Å²) in [6.45, 7) is 1.09. The molecule has 0 aliphatic rings. The Bertz CT molecular complexity index is 1080. The summed E-state index contributed by atoms with van der Waals surface area (Å²) < 4.78 is 25.8. The van der Waals surface area contributed by atoms with Gasteiger partial charge in [0.2, 0.25) is 21.8 Å². The molecular formula is C20H22Cl3N3O4S. The Hall–Kier alpha value is -2.00. The van der Waals surface area contributed by atoms with Crippen LogP contribution in [0.2, 0.25) is 15.1 Å². The predicted molar refractivity (Wildman–Crippen MR) is 124 cm³/mol. The van der Waals surface area contributed by atoms with E-state index in [0.29, 0.717) is 10.6 Å². The second kappa shape index (κ2) is 10.5. The van der Waals surface area contributed by atoms with E-state index in [2.05, 4.69) is 5.32 Å². The molecule has 0 spiro atoms. The third-order valence-corrected chi connectivity index (χ3v) is 6.64. The Balaban J connectivity index is 2.40. The highest BCUT2D eigenvalue weighted by molar-refractivity contribution is 7.92. The van der Waals surface area contributed by atoms with Crippen LogP contribution in [0, 0.1) is 0 Å². The van der Waals surface area contributed by atoms with E-state index in [-0.39, 0.29) is 22.3 Å². The van der Waals surface area contributed by atoms with Crippen LogP contribution in [0.25, 0.3) is 0 Å². The molecule has 0 bridgehead atoms. The summed E-state index contributed by atoms with van der Waals surface area (Å²) in [7, 11) is -2.39. The van der Waals surface area contributed by atoms with Crippen LogP contribution >= 0.6 is 34.8 Å². The zero-order chi connectivity index (χ0) is 23.3. The van der Waals surface area contributed by atoms with Gasteiger partial charge in [-0.15, -0.1) is 0 Å². The first-order valence-corrected chi connectivity index (χ1v) is 12.1. The molecule has 2 amide bonds. The van der Waals surface area contributed by atoms with Crippen molar-refractivity contribution in [3.05, 3.63) is 63.1 Å². The zero-order valence-electron chi connectivity index (χ0n) is 17.1. The number of nitrogens with one attached hydrogen (secondary N) is 1. The van der Waals surface area contributed by atoms with Gasteiger partial charge < -0.3 is 10.2 Å². The van der Waals surface area contributed by atoms with Crippen LogP contribution in [0.1, 0.15) is 12.5 Å². The van der Waals surface area contributed by atoms with Crippen LogP contribution in [0.5, 0.6) is 0 Å². The molecule has 2 aromatic carbocycles. The number of hydrogen-bond acceptors (Lipinski definition) is 4. The number of amides is 2. The van der Waals surface area contributed by atoms with Gasteiger partial charge >= 0.3 is 0 Å². The number of halogens is 3. The maximum atomic E-state index is 13.2. The smallest absolute Gasteiger partial charge is 0.244 e. The normalized spacial score (nSPS) is 12.2. The second-order valence-corrected chi connectivity index (χ2v) is 9.97. The van der Waals surface area contributed by atoms with Gasteiger partial charge in [-0.3, -0.25) is 13.9 Å². The number of carbonyl (C=O) groups excluding carboxylic acids is 2. The second-order valence-electron chi connectivity index (χ2n) is 6.81. The first-order chi connectivity index (χ1) is 14.4. The number of hydrogen-bond donors (Lipinski definition) is 1. The summed E-state index contributed by atoms with van der Waals surface area (Å²) in [5.74, 6) is -0.969. The quantitative estimate of drug-likeness (QED) is 0.593. The maximum Gasteiger partial charge on any atom is 0.244 e. The average molecular weight is 507 g/mol. The van der Waals surface area contributed by atoms with E-state index in [1.54, 1.807) is 31.2 Å². The lowest BCUT2D eigenvalue weighted by Gasteiger charge is -2.31. The molecule has 0 aliphatic heterocycles. The van der Waals surface area contributed by atoms with Crippen molar-refractivity contribution in [2.24, 2.45) is 0 Å². The summed E-state index contributed by atoms with van der Waals surface area (Å²) in [5.41, 5.74) is 0.873. The predicted octanol–water partition coefficient (Wildman–Crippen LogP) is 3.58. The average Bonchev–Trinajstić information content (AvgIpc) is 2.70. The third kappa shape index (κ3) is 6.74. The molecule has 168 valence electrons. The van der Waals surface area contributed by atoms with E-state index in [4.69, 9.17) is 34.8 Å². The van der Waals surface area contributed by atoms with Gasteiger partial charge in [0.25, 0.3) is 0 Å². The van der Waals surface area contributed by atoms with Crippen molar-refractivity contribution in [3.63, 3.8) is 0 Å². The molecule has 2 aromatic rings. The van der Waals surface area contributed by atoms with E-state index >= 15 is 0 Å². The van der Waals surface area contributed by atoms with Gasteiger partial charge in [-0.05, 0) is 42.8 Å². The van der Waals surface area contributed by atoms with E-state index in [1.807, 2.05) is 0 Å². The van der Waals surface area contributed by atoms with Crippen molar-refractivity contribution in [2.45, 2.75) is 19.5 Å². The molecule has 1 unspecified atom stereocenters. The standard InChI is InChI=1S/C20H22Cl3N3O4S/c1-13(20(28)24-2)25(11-14-5-4-6-15(21)9-14)19(27)12-26(31(3,29)30)16-7-8-17(22)18(23)10-16/h4-10,13H,11-12H2,1-3H3,(H,24,28). The molecule has 31 heavy (non-hydrogen) atoms.